The fourth-order valence-electron chi connectivity index (χ4n) is 2.30. The van der Waals surface area contributed by atoms with Gasteiger partial charge in [-0.05, 0) is 38.8 Å². The van der Waals surface area contributed by atoms with E-state index < -0.39 is 5.67 Å². The molecule has 0 amide bonds. The van der Waals surface area contributed by atoms with Crippen LogP contribution >= 0.6 is 0 Å². The molecule has 0 saturated carbocycles. The van der Waals surface area contributed by atoms with Gasteiger partial charge < -0.3 is 5.32 Å². The van der Waals surface area contributed by atoms with Crippen LogP contribution in [-0.2, 0) is 5.67 Å². The first-order valence-corrected chi connectivity index (χ1v) is 5.60. The first-order chi connectivity index (χ1) is 7.10. The highest BCUT2D eigenvalue weighted by Crippen LogP contribution is 2.33. The third-order valence-corrected chi connectivity index (χ3v) is 3.30. The monoisotopic (exact) mass is 207 g/mol. The van der Waals surface area contributed by atoms with E-state index in [0.29, 0.717) is 0 Å². The van der Waals surface area contributed by atoms with Crippen LogP contribution in [0.4, 0.5) is 4.39 Å². The van der Waals surface area contributed by atoms with E-state index >= 15 is 0 Å². The average molecular weight is 207 g/mol. The van der Waals surface area contributed by atoms with Crippen molar-refractivity contribution in [1.29, 1.82) is 0 Å². The van der Waals surface area contributed by atoms with Crippen LogP contribution < -0.4 is 5.32 Å². The standard InChI is InChI=1S/C13H18FN/c1-10-5-3-6-11(9-10)13(2,14)12-7-4-8-15-12/h3,5-6,9,12,15H,4,7-8H2,1-2H3. The predicted molar refractivity (Wildman–Crippen MR) is 60.7 cm³/mol. The molecule has 0 aliphatic carbocycles. The minimum Gasteiger partial charge on any atom is -0.311 e. The van der Waals surface area contributed by atoms with Gasteiger partial charge in [0.05, 0.1) is 0 Å². The Labute approximate surface area is 90.7 Å². The Morgan fingerprint density at radius 3 is 2.87 bits per heavy atom. The number of hydrogen-bond donors (Lipinski definition) is 1. The van der Waals surface area contributed by atoms with Gasteiger partial charge >= 0.3 is 0 Å². The smallest absolute Gasteiger partial charge is 0.148 e. The summed E-state index contributed by atoms with van der Waals surface area (Å²) in [5.74, 6) is 0. The second-order valence-electron chi connectivity index (χ2n) is 4.59. The lowest BCUT2D eigenvalue weighted by Crippen LogP contribution is -2.39. The van der Waals surface area contributed by atoms with Crippen LogP contribution in [0.5, 0.6) is 0 Å². The molecule has 1 heterocycles. The summed E-state index contributed by atoms with van der Waals surface area (Å²) in [4.78, 5) is 0. The van der Waals surface area contributed by atoms with Gasteiger partial charge in [0, 0.05) is 6.04 Å². The molecule has 1 N–H and O–H groups in total. The summed E-state index contributed by atoms with van der Waals surface area (Å²) in [7, 11) is 0. The summed E-state index contributed by atoms with van der Waals surface area (Å²) >= 11 is 0. The van der Waals surface area contributed by atoms with E-state index in [1.807, 2.05) is 31.2 Å². The van der Waals surface area contributed by atoms with Gasteiger partial charge in [0.15, 0.2) is 0 Å². The minimum atomic E-state index is -1.25. The number of halogens is 1. The molecule has 2 atom stereocenters. The van der Waals surface area contributed by atoms with Crippen LogP contribution in [0.2, 0.25) is 0 Å². The van der Waals surface area contributed by atoms with E-state index in [1.54, 1.807) is 6.92 Å². The Morgan fingerprint density at radius 1 is 1.47 bits per heavy atom. The van der Waals surface area contributed by atoms with E-state index in [9.17, 15) is 4.39 Å². The number of alkyl halides is 1. The zero-order valence-corrected chi connectivity index (χ0v) is 9.39. The molecule has 2 unspecified atom stereocenters. The molecular formula is C13H18FN. The van der Waals surface area contributed by atoms with E-state index in [0.717, 1.165) is 30.5 Å². The van der Waals surface area contributed by atoms with Crippen LogP contribution in [0, 0.1) is 6.92 Å². The van der Waals surface area contributed by atoms with Crippen molar-refractivity contribution in [2.24, 2.45) is 0 Å². The van der Waals surface area contributed by atoms with Crippen LogP contribution in [0.1, 0.15) is 30.9 Å². The Kier molecular flexibility index (Phi) is 2.79. The van der Waals surface area contributed by atoms with Gasteiger partial charge in [0.2, 0.25) is 0 Å². The van der Waals surface area contributed by atoms with Crippen molar-refractivity contribution < 1.29 is 4.39 Å². The number of nitrogens with one attached hydrogen (secondary N) is 1. The second kappa shape index (κ2) is 3.93. The molecule has 1 aromatic carbocycles. The van der Waals surface area contributed by atoms with Gasteiger partial charge in [-0.2, -0.15) is 0 Å². The first-order valence-electron chi connectivity index (χ1n) is 5.60. The molecule has 15 heavy (non-hydrogen) atoms. The second-order valence-corrected chi connectivity index (χ2v) is 4.59. The molecule has 2 heteroatoms. The van der Waals surface area contributed by atoms with Gasteiger partial charge in [0.1, 0.15) is 5.67 Å². The van der Waals surface area contributed by atoms with Crippen molar-refractivity contribution in [3.8, 4) is 0 Å². The quantitative estimate of drug-likeness (QED) is 0.786. The van der Waals surface area contributed by atoms with E-state index in [4.69, 9.17) is 0 Å². The number of benzene rings is 1. The van der Waals surface area contributed by atoms with Crippen molar-refractivity contribution in [2.45, 2.75) is 38.4 Å². The van der Waals surface area contributed by atoms with E-state index in [1.165, 1.54) is 0 Å². The van der Waals surface area contributed by atoms with Crippen molar-refractivity contribution in [2.75, 3.05) is 6.54 Å². The summed E-state index contributed by atoms with van der Waals surface area (Å²) < 4.78 is 14.6. The molecular weight excluding hydrogens is 189 g/mol. The number of aryl methyl sites for hydroxylation is 1. The Hall–Kier alpha value is -0.890. The largest absolute Gasteiger partial charge is 0.311 e. The van der Waals surface area contributed by atoms with Crippen molar-refractivity contribution in [3.05, 3.63) is 35.4 Å². The van der Waals surface area contributed by atoms with E-state index in [2.05, 4.69) is 5.32 Å². The maximum Gasteiger partial charge on any atom is 0.148 e. The number of rotatable bonds is 2. The fourth-order valence-corrected chi connectivity index (χ4v) is 2.30. The first kappa shape index (κ1) is 10.6. The van der Waals surface area contributed by atoms with Crippen molar-refractivity contribution in [1.82, 2.24) is 5.32 Å². The molecule has 0 aromatic heterocycles. The van der Waals surface area contributed by atoms with Gasteiger partial charge in [-0.1, -0.05) is 29.8 Å². The lowest BCUT2D eigenvalue weighted by Gasteiger charge is -2.28. The van der Waals surface area contributed by atoms with Gasteiger partial charge in [-0.3, -0.25) is 0 Å². The average Bonchev–Trinajstić information content (AvgIpc) is 2.71. The van der Waals surface area contributed by atoms with Crippen molar-refractivity contribution in [3.63, 3.8) is 0 Å². The highest BCUT2D eigenvalue weighted by molar-refractivity contribution is 5.28. The summed E-state index contributed by atoms with van der Waals surface area (Å²) in [5.41, 5.74) is 0.666. The molecule has 0 bridgehead atoms. The van der Waals surface area contributed by atoms with Gasteiger partial charge in [-0.15, -0.1) is 0 Å². The highest BCUT2D eigenvalue weighted by Gasteiger charge is 2.37. The van der Waals surface area contributed by atoms with Crippen LogP contribution in [0.15, 0.2) is 24.3 Å². The molecule has 1 aliphatic heterocycles. The molecule has 82 valence electrons. The predicted octanol–water partition coefficient (Wildman–Crippen LogP) is 2.93. The minimum absolute atomic E-state index is 0.0284. The zero-order valence-electron chi connectivity index (χ0n) is 9.39. The third-order valence-electron chi connectivity index (χ3n) is 3.30. The molecule has 0 radical (unpaired) electrons. The van der Waals surface area contributed by atoms with Gasteiger partial charge in [0.25, 0.3) is 0 Å². The SMILES string of the molecule is Cc1cccc(C(C)(F)C2CCCN2)c1. The molecule has 2 rings (SSSR count). The summed E-state index contributed by atoms with van der Waals surface area (Å²) in [6, 6.07) is 7.73. The molecule has 1 aromatic rings. The summed E-state index contributed by atoms with van der Waals surface area (Å²) in [6.07, 6.45) is 2.01. The normalized spacial score (nSPS) is 25.1. The Balaban J connectivity index is 2.27. The topological polar surface area (TPSA) is 12.0 Å². The summed E-state index contributed by atoms with van der Waals surface area (Å²) in [6.45, 7) is 4.63. The molecule has 1 aliphatic rings. The summed E-state index contributed by atoms with van der Waals surface area (Å²) in [5, 5.41) is 3.24. The third kappa shape index (κ3) is 2.05. The molecule has 1 nitrogen and oxygen atoms in total. The van der Waals surface area contributed by atoms with E-state index in [-0.39, 0.29) is 6.04 Å². The van der Waals surface area contributed by atoms with Crippen LogP contribution in [-0.4, -0.2) is 12.6 Å². The molecule has 1 saturated heterocycles. The van der Waals surface area contributed by atoms with Crippen LogP contribution in [0.3, 0.4) is 0 Å². The maximum absolute atomic E-state index is 14.6. The Bertz CT molecular complexity index is 340. The Morgan fingerprint density at radius 2 is 2.27 bits per heavy atom. The lowest BCUT2D eigenvalue weighted by molar-refractivity contribution is 0.137. The fraction of sp³-hybridized carbons (Fsp3) is 0.538. The number of hydrogen-bond acceptors (Lipinski definition) is 1. The maximum atomic E-state index is 14.6. The molecule has 1 fully saturated rings. The van der Waals surface area contributed by atoms with Gasteiger partial charge in [-0.25, -0.2) is 4.39 Å². The molecule has 0 spiro atoms. The highest BCUT2D eigenvalue weighted by atomic mass is 19.1. The zero-order chi connectivity index (χ0) is 10.9. The van der Waals surface area contributed by atoms with Crippen molar-refractivity contribution >= 4 is 0 Å². The van der Waals surface area contributed by atoms with Crippen LogP contribution in [0.25, 0.3) is 0 Å². The lowest BCUT2D eigenvalue weighted by atomic mass is 9.88.